The second kappa shape index (κ2) is 6.77. The quantitative estimate of drug-likeness (QED) is 0.629. The molecule has 0 radical (unpaired) electrons. The minimum Gasteiger partial charge on any atom is -0.377 e. The summed E-state index contributed by atoms with van der Waals surface area (Å²) in [5, 5.41) is 3.62. The van der Waals surface area contributed by atoms with Crippen LogP contribution in [0.15, 0.2) is 4.99 Å². The van der Waals surface area contributed by atoms with E-state index in [9.17, 15) is 0 Å². The molecule has 0 aliphatic carbocycles. The number of ether oxygens (including phenoxy) is 1. The van der Waals surface area contributed by atoms with Crippen molar-refractivity contribution in [1.82, 2.24) is 10.2 Å². The molecule has 0 aromatic rings. The normalized spacial score (nSPS) is 29.7. The SMILES string of the molecule is CN=C(NCC1CCCOC1C(C)(C)C)N1CCC(C)(C)C1. The van der Waals surface area contributed by atoms with Crippen LogP contribution in [0.25, 0.3) is 0 Å². The van der Waals surface area contributed by atoms with Crippen LogP contribution in [0.4, 0.5) is 0 Å². The van der Waals surface area contributed by atoms with E-state index in [1.54, 1.807) is 0 Å². The maximum Gasteiger partial charge on any atom is 0.193 e. The monoisotopic (exact) mass is 309 g/mol. The van der Waals surface area contributed by atoms with Crippen LogP contribution in [-0.2, 0) is 4.74 Å². The highest BCUT2D eigenvalue weighted by Gasteiger charge is 2.36. The molecule has 2 fully saturated rings. The number of nitrogens with zero attached hydrogens (tertiary/aromatic N) is 2. The lowest BCUT2D eigenvalue weighted by Crippen LogP contribution is -2.48. The minimum atomic E-state index is 0.200. The number of rotatable bonds is 2. The van der Waals surface area contributed by atoms with Gasteiger partial charge in [0.25, 0.3) is 0 Å². The molecule has 2 rings (SSSR count). The van der Waals surface area contributed by atoms with Gasteiger partial charge >= 0.3 is 0 Å². The zero-order valence-corrected chi connectivity index (χ0v) is 15.4. The summed E-state index contributed by atoms with van der Waals surface area (Å²) < 4.78 is 6.09. The fourth-order valence-corrected chi connectivity index (χ4v) is 3.86. The van der Waals surface area contributed by atoms with Crippen LogP contribution in [0.1, 0.15) is 53.9 Å². The van der Waals surface area contributed by atoms with Gasteiger partial charge in [0, 0.05) is 39.2 Å². The highest BCUT2D eigenvalue weighted by Crippen LogP contribution is 2.34. The Morgan fingerprint density at radius 3 is 2.64 bits per heavy atom. The Bertz CT molecular complexity index is 398. The predicted molar refractivity (Wildman–Crippen MR) is 93.3 cm³/mol. The fraction of sp³-hybridized carbons (Fsp3) is 0.944. The van der Waals surface area contributed by atoms with E-state index in [-0.39, 0.29) is 5.41 Å². The molecular formula is C18H35N3O. The molecule has 4 nitrogen and oxygen atoms in total. The fourth-order valence-electron chi connectivity index (χ4n) is 3.86. The zero-order chi connectivity index (χ0) is 16.4. The Balaban J connectivity index is 1.92. The average molecular weight is 309 g/mol. The topological polar surface area (TPSA) is 36.9 Å². The lowest BCUT2D eigenvalue weighted by atomic mass is 9.78. The van der Waals surface area contributed by atoms with Gasteiger partial charge < -0.3 is 15.0 Å². The first-order chi connectivity index (χ1) is 10.2. The van der Waals surface area contributed by atoms with Gasteiger partial charge in [-0.3, -0.25) is 4.99 Å². The standard InChI is InChI=1S/C18H35N3O/c1-17(2,3)15-14(8-7-11-22-15)12-20-16(19-6)21-10-9-18(4,5)13-21/h14-15H,7-13H2,1-6H3,(H,19,20). The molecule has 2 unspecified atom stereocenters. The van der Waals surface area contributed by atoms with Crippen molar-refractivity contribution >= 4 is 5.96 Å². The summed E-state index contributed by atoms with van der Waals surface area (Å²) in [6.07, 6.45) is 4.00. The minimum absolute atomic E-state index is 0.200. The van der Waals surface area contributed by atoms with Crippen molar-refractivity contribution in [1.29, 1.82) is 0 Å². The molecule has 0 aromatic heterocycles. The predicted octanol–water partition coefficient (Wildman–Crippen LogP) is 3.14. The largest absolute Gasteiger partial charge is 0.377 e. The van der Waals surface area contributed by atoms with Gasteiger partial charge in [-0.25, -0.2) is 0 Å². The second-order valence-corrected chi connectivity index (χ2v) is 8.82. The van der Waals surface area contributed by atoms with E-state index in [2.05, 4.69) is 49.8 Å². The lowest BCUT2D eigenvalue weighted by Gasteiger charge is -2.40. The Hall–Kier alpha value is -0.770. The second-order valence-electron chi connectivity index (χ2n) is 8.82. The number of hydrogen-bond donors (Lipinski definition) is 1. The molecular weight excluding hydrogens is 274 g/mol. The molecule has 1 N–H and O–H groups in total. The average Bonchev–Trinajstić information content (AvgIpc) is 2.79. The van der Waals surface area contributed by atoms with Crippen molar-refractivity contribution in [2.24, 2.45) is 21.7 Å². The van der Waals surface area contributed by atoms with E-state index in [1.165, 1.54) is 19.3 Å². The molecule has 0 saturated carbocycles. The molecule has 22 heavy (non-hydrogen) atoms. The van der Waals surface area contributed by atoms with Crippen LogP contribution in [0.2, 0.25) is 0 Å². The van der Waals surface area contributed by atoms with Crippen LogP contribution in [-0.4, -0.2) is 50.3 Å². The van der Waals surface area contributed by atoms with E-state index >= 15 is 0 Å². The van der Waals surface area contributed by atoms with E-state index in [1.807, 2.05) is 7.05 Å². The molecule has 2 aliphatic rings. The Labute approximate surface area is 136 Å². The van der Waals surface area contributed by atoms with E-state index < -0.39 is 0 Å². The maximum absolute atomic E-state index is 6.09. The zero-order valence-electron chi connectivity index (χ0n) is 15.4. The van der Waals surface area contributed by atoms with Crippen molar-refractivity contribution in [3.63, 3.8) is 0 Å². The summed E-state index contributed by atoms with van der Waals surface area (Å²) in [5.41, 5.74) is 0.603. The molecule has 0 spiro atoms. The van der Waals surface area contributed by atoms with E-state index in [0.717, 1.165) is 32.2 Å². The van der Waals surface area contributed by atoms with Gasteiger partial charge in [-0.1, -0.05) is 34.6 Å². The molecule has 0 aromatic carbocycles. The summed E-state index contributed by atoms with van der Waals surface area (Å²) in [6, 6.07) is 0. The van der Waals surface area contributed by atoms with Crippen LogP contribution in [0, 0.1) is 16.7 Å². The Morgan fingerprint density at radius 2 is 2.09 bits per heavy atom. The molecule has 0 amide bonds. The summed E-state index contributed by atoms with van der Waals surface area (Å²) in [4.78, 5) is 6.90. The van der Waals surface area contributed by atoms with Gasteiger partial charge in [0.2, 0.25) is 0 Å². The third kappa shape index (κ3) is 4.37. The van der Waals surface area contributed by atoms with Crippen LogP contribution in [0.3, 0.4) is 0 Å². The van der Waals surface area contributed by atoms with Crippen molar-refractivity contribution < 1.29 is 4.74 Å². The van der Waals surface area contributed by atoms with Crippen LogP contribution in [0.5, 0.6) is 0 Å². The molecule has 2 aliphatic heterocycles. The lowest BCUT2D eigenvalue weighted by molar-refractivity contribution is -0.0836. The van der Waals surface area contributed by atoms with E-state index in [4.69, 9.17) is 4.74 Å². The van der Waals surface area contributed by atoms with Crippen molar-refractivity contribution in [2.45, 2.75) is 60.0 Å². The van der Waals surface area contributed by atoms with E-state index in [0.29, 0.717) is 17.4 Å². The maximum atomic E-state index is 6.09. The van der Waals surface area contributed by atoms with Crippen molar-refractivity contribution in [2.75, 3.05) is 33.3 Å². The first kappa shape index (κ1) is 17.6. The summed E-state index contributed by atoms with van der Waals surface area (Å²) in [6.45, 7) is 15.6. The smallest absolute Gasteiger partial charge is 0.193 e. The summed E-state index contributed by atoms with van der Waals surface area (Å²) >= 11 is 0. The van der Waals surface area contributed by atoms with Crippen molar-refractivity contribution in [3.05, 3.63) is 0 Å². The summed E-state index contributed by atoms with van der Waals surface area (Å²) in [5.74, 6) is 1.63. The van der Waals surface area contributed by atoms with Gasteiger partial charge in [-0.2, -0.15) is 0 Å². The number of aliphatic imine (C=N–C) groups is 1. The van der Waals surface area contributed by atoms with Gasteiger partial charge in [-0.05, 0) is 30.1 Å². The summed E-state index contributed by atoms with van der Waals surface area (Å²) in [7, 11) is 1.90. The number of guanidine groups is 1. The first-order valence-corrected chi connectivity index (χ1v) is 8.80. The molecule has 2 saturated heterocycles. The molecule has 4 heteroatoms. The third-order valence-electron chi connectivity index (χ3n) is 5.01. The van der Waals surface area contributed by atoms with Gasteiger partial charge in [0.05, 0.1) is 6.10 Å². The molecule has 2 atom stereocenters. The van der Waals surface area contributed by atoms with Crippen LogP contribution < -0.4 is 5.32 Å². The van der Waals surface area contributed by atoms with Gasteiger partial charge in [0.15, 0.2) is 5.96 Å². The van der Waals surface area contributed by atoms with Gasteiger partial charge in [-0.15, -0.1) is 0 Å². The van der Waals surface area contributed by atoms with Crippen LogP contribution >= 0.6 is 0 Å². The Morgan fingerprint density at radius 1 is 1.36 bits per heavy atom. The molecule has 128 valence electrons. The highest BCUT2D eigenvalue weighted by molar-refractivity contribution is 5.80. The first-order valence-electron chi connectivity index (χ1n) is 8.80. The molecule has 0 bridgehead atoms. The Kier molecular flexibility index (Phi) is 5.41. The third-order valence-corrected chi connectivity index (χ3v) is 5.01. The number of hydrogen-bond acceptors (Lipinski definition) is 2. The number of nitrogens with one attached hydrogen (secondary N) is 1. The number of likely N-dealkylation sites (tertiary alicyclic amines) is 1. The molecule has 2 heterocycles. The van der Waals surface area contributed by atoms with Crippen molar-refractivity contribution in [3.8, 4) is 0 Å². The highest BCUT2D eigenvalue weighted by atomic mass is 16.5. The van der Waals surface area contributed by atoms with Gasteiger partial charge in [0.1, 0.15) is 0 Å².